The number of hydrogen-bond donors (Lipinski definition) is 2. The van der Waals surface area contributed by atoms with Gasteiger partial charge in [0.25, 0.3) is 0 Å². The van der Waals surface area contributed by atoms with Crippen LogP contribution in [0.1, 0.15) is 72.6 Å². The number of hydrogen-bond acceptors (Lipinski definition) is 3. The molecule has 130 valence electrons. The van der Waals surface area contributed by atoms with Gasteiger partial charge in [-0.25, -0.2) is 0 Å². The Labute approximate surface area is 140 Å². The minimum absolute atomic E-state index is 0.149. The summed E-state index contributed by atoms with van der Waals surface area (Å²) in [5.41, 5.74) is 2.39. The lowest BCUT2D eigenvalue weighted by atomic mass is 9.47. The van der Waals surface area contributed by atoms with Crippen molar-refractivity contribution < 1.29 is 15.0 Å². The summed E-state index contributed by atoms with van der Waals surface area (Å²) in [5.74, 6) is 0.746. The molecule has 1 saturated carbocycles. The molecule has 0 aromatic rings. The van der Waals surface area contributed by atoms with Crippen LogP contribution in [0.25, 0.3) is 0 Å². The van der Waals surface area contributed by atoms with Gasteiger partial charge in [0.2, 0.25) is 0 Å². The lowest BCUT2D eigenvalue weighted by Gasteiger charge is -2.57. The van der Waals surface area contributed by atoms with Crippen molar-refractivity contribution in [1.29, 1.82) is 0 Å². The summed E-state index contributed by atoms with van der Waals surface area (Å²) >= 11 is 0. The molecule has 1 fully saturated rings. The smallest absolute Gasteiger partial charge is 0.159 e. The van der Waals surface area contributed by atoms with Crippen LogP contribution < -0.4 is 0 Å². The molecule has 0 saturated heterocycles. The van der Waals surface area contributed by atoms with Crippen molar-refractivity contribution in [3.63, 3.8) is 0 Å². The fourth-order valence-electron chi connectivity index (χ4n) is 5.86. The number of Topliss-reactive ketones (excluding diaryl/α,β-unsaturated/α-hetero) is 1. The molecule has 3 nitrogen and oxygen atoms in total. The molecule has 3 heteroatoms. The Hall–Kier alpha value is -0.670. The maximum atomic E-state index is 12.9. The van der Waals surface area contributed by atoms with Crippen molar-refractivity contribution in [2.45, 2.75) is 78.7 Å². The summed E-state index contributed by atoms with van der Waals surface area (Å²) in [6.07, 6.45) is 5.95. The number of carbonyl (C=O) groups excluding carboxylic acids is 1. The third-order valence-electron chi connectivity index (χ3n) is 7.51. The van der Waals surface area contributed by atoms with Crippen LogP contribution in [0.4, 0.5) is 0 Å². The summed E-state index contributed by atoms with van der Waals surface area (Å²) in [6.45, 7) is 8.84. The highest BCUT2D eigenvalue weighted by molar-refractivity contribution is 5.98. The number of rotatable bonds is 2. The van der Waals surface area contributed by atoms with Crippen LogP contribution in [0.2, 0.25) is 0 Å². The van der Waals surface area contributed by atoms with Crippen LogP contribution in [0.3, 0.4) is 0 Å². The van der Waals surface area contributed by atoms with E-state index in [9.17, 15) is 15.0 Å². The van der Waals surface area contributed by atoms with Crippen LogP contribution in [-0.2, 0) is 4.79 Å². The first-order valence-electron chi connectivity index (χ1n) is 9.19. The van der Waals surface area contributed by atoms with Gasteiger partial charge in [-0.1, -0.05) is 39.7 Å². The van der Waals surface area contributed by atoms with Crippen LogP contribution in [0, 0.1) is 22.2 Å². The maximum absolute atomic E-state index is 12.9. The van der Waals surface area contributed by atoms with Gasteiger partial charge >= 0.3 is 0 Å². The highest BCUT2D eigenvalue weighted by Crippen LogP contribution is 2.62. The first kappa shape index (κ1) is 17.2. The number of ketones is 1. The molecule has 0 aromatic carbocycles. The highest BCUT2D eigenvalue weighted by atomic mass is 16.3. The number of aliphatic hydroxyl groups is 2. The van der Waals surface area contributed by atoms with Gasteiger partial charge in [-0.2, -0.15) is 0 Å². The largest absolute Gasteiger partial charge is 0.394 e. The monoisotopic (exact) mass is 320 g/mol. The van der Waals surface area contributed by atoms with Crippen molar-refractivity contribution in [2.24, 2.45) is 22.2 Å². The Kier molecular flexibility index (Phi) is 4.04. The van der Waals surface area contributed by atoms with Crippen molar-refractivity contribution in [2.75, 3.05) is 6.61 Å². The van der Waals surface area contributed by atoms with Gasteiger partial charge in [-0.05, 0) is 54.4 Å². The molecule has 3 aliphatic rings. The predicted molar refractivity (Wildman–Crippen MR) is 90.9 cm³/mol. The second kappa shape index (κ2) is 5.42. The van der Waals surface area contributed by atoms with Crippen LogP contribution in [-0.4, -0.2) is 28.7 Å². The van der Waals surface area contributed by atoms with Gasteiger partial charge in [0.05, 0.1) is 12.7 Å². The van der Waals surface area contributed by atoms with Gasteiger partial charge in [0.1, 0.15) is 0 Å². The first-order chi connectivity index (χ1) is 10.6. The van der Waals surface area contributed by atoms with E-state index < -0.39 is 6.10 Å². The van der Waals surface area contributed by atoms with Crippen LogP contribution in [0.15, 0.2) is 11.1 Å². The van der Waals surface area contributed by atoms with E-state index in [-0.39, 0.29) is 22.9 Å². The van der Waals surface area contributed by atoms with Gasteiger partial charge in [0, 0.05) is 11.8 Å². The fraction of sp³-hybridized carbons (Fsp3) is 0.850. The zero-order chi connectivity index (χ0) is 17.0. The molecular weight excluding hydrogens is 288 g/mol. The van der Waals surface area contributed by atoms with E-state index in [1.54, 1.807) is 0 Å². The van der Waals surface area contributed by atoms with E-state index in [0.717, 1.165) is 18.4 Å². The third kappa shape index (κ3) is 2.51. The maximum Gasteiger partial charge on any atom is 0.159 e. The summed E-state index contributed by atoms with van der Waals surface area (Å²) in [5, 5.41) is 19.6. The van der Waals surface area contributed by atoms with Crippen molar-refractivity contribution in [3.8, 4) is 0 Å². The van der Waals surface area contributed by atoms with Crippen LogP contribution in [0.5, 0.6) is 0 Å². The van der Waals surface area contributed by atoms with Crippen LogP contribution >= 0.6 is 0 Å². The minimum atomic E-state index is -0.738. The van der Waals surface area contributed by atoms with E-state index >= 15 is 0 Å². The Morgan fingerprint density at radius 1 is 1.17 bits per heavy atom. The van der Waals surface area contributed by atoms with E-state index in [4.69, 9.17) is 0 Å². The minimum Gasteiger partial charge on any atom is -0.394 e. The molecule has 0 aliphatic heterocycles. The zero-order valence-corrected chi connectivity index (χ0v) is 15.1. The molecule has 23 heavy (non-hydrogen) atoms. The SMILES string of the molecule is CC1(C)CCCC2(C)C3=C(CC(C)(C(O)CO)CC3)C(=O)CC12. The van der Waals surface area contributed by atoms with E-state index in [1.807, 2.05) is 6.92 Å². The van der Waals surface area contributed by atoms with Crippen molar-refractivity contribution in [3.05, 3.63) is 11.1 Å². The Morgan fingerprint density at radius 3 is 2.52 bits per heavy atom. The molecule has 0 bridgehead atoms. The molecule has 0 heterocycles. The average Bonchev–Trinajstić information content (AvgIpc) is 2.48. The predicted octanol–water partition coefficient (Wildman–Crippen LogP) is 3.63. The summed E-state index contributed by atoms with van der Waals surface area (Å²) in [6, 6.07) is 0. The quantitative estimate of drug-likeness (QED) is 0.817. The third-order valence-corrected chi connectivity index (χ3v) is 7.51. The Morgan fingerprint density at radius 2 is 1.87 bits per heavy atom. The molecule has 0 spiro atoms. The molecule has 2 N–H and O–H groups in total. The van der Waals surface area contributed by atoms with Gasteiger partial charge in [-0.3, -0.25) is 4.79 Å². The Bertz CT molecular complexity index is 547. The van der Waals surface area contributed by atoms with E-state index in [1.165, 1.54) is 24.8 Å². The van der Waals surface area contributed by atoms with Gasteiger partial charge in [-0.15, -0.1) is 0 Å². The number of carbonyl (C=O) groups is 1. The lowest BCUT2D eigenvalue weighted by Crippen LogP contribution is -2.50. The number of allylic oxidation sites excluding steroid dienone is 2. The second-order valence-electron chi connectivity index (χ2n) is 9.43. The average molecular weight is 320 g/mol. The molecule has 3 aliphatic carbocycles. The lowest BCUT2D eigenvalue weighted by molar-refractivity contribution is -0.123. The molecule has 3 rings (SSSR count). The second-order valence-corrected chi connectivity index (χ2v) is 9.43. The molecule has 0 radical (unpaired) electrons. The summed E-state index contributed by atoms with van der Waals surface area (Å²) in [4.78, 5) is 12.9. The highest BCUT2D eigenvalue weighted by Gasteiger charge is 2.54. The van der Waals surface area contributed by atoms with E-state index in [0.29, 0.717) is 24.5 Å². The zero-order valence-electron chi connectivity index (χ0n) is 15.1. The number of fused-ring (bicyclic) bond motifs is 2. The normalized spacial score (nSPS) is 41.3. The molecule has 0 amide bonds. The molecular formula is C20H32O3. The standard InChI is InChI=1S/C20H32O3/c1-18(2)7-5-8-20(4)14-6-9-19(3,17(23)12-21)11-13(14)15(22)10-16(18)20/h16-17,21,23H,5-12H2,1-4H3. The summed E-state index contributed by atoms with van der Waals surface area (Å²) in [7, 11) is 0. The first-order valence-corrected chi connectivity index (χ1v) is 9.19. The van der Waals surface area contributed by atoms with Gasteiger partial charge < -0.3 is 10.2 Å². The van der Waals surface area contributed by atoms with E-state index in [2.05, 4.69) is 20.8 Å². The van der Waals surface area contributed by atoms with Gasteiger partial charge in [0.15, 0.2) is 5.78 Å². The topological polar surface area (TPSA) is 57.5 Å². The van der Waals surface area contributed by atoms with Crippen molar-refractivity contribution in [1.82, 2.24) is 0 Å². The Balaban J connectivity index is 2.01. The van der Waals surface area contributed by atoms with Crippen molar-refractivity contribution >= 4 is 5.78 Å². The summed E-state index contributed by atoms with van der Waals surface area (Å²) < 4.78 is 0. The fourth-order valence-corrected chi connectivity index (χ4v) is 5.86. The molecule has 0 aromatic heterocycles. The molecule has 4 unspecified atom stereocenters. The number of aliphatic hydroxyl groups excluding tert-OH is 2. The molecule has 4 atom stereocenters.